The van der Waals surface area contributed by atoms with Crippen molar-refractivity contribution in [3.05, 3.63) is 34.3 Å². The van der Waals surface area contributed by atoms with Crippen LogP contribution >= 0.6 is 15.9 Å². The first-order valence-electron chi connectivity index (χ1n) is 6.45. The predicted molar refractivity (Wildman–Crippen MR) is 77.8 cm³/mol. The number of benzene rings is 1. The molecule has 1 N–H and O–H groups in total. The summed E-state index contributed by atoms with van der Waals surface area (Å²) in [4.78, 5) is 2.32. The van der Waals surface area contributed by atoms with Crippen molar-refractivity contribution < 1.29 is 4.74 Å². The van der Waals surface area contributed by atoms with Gasteiger partial charge >= 0.3 is 0 Å². The largest absolute Gasteiger partial charge is 0.374 e. The summed E-state index contributed by atoms with van der Waals surface area (Å²) in [5.41, 5.74) is 1.29. The molecule has 2 rings (SSSR count). The van der Waals surface area contributed by atoms with Gasteiger partial charge in [-0.05, 0) is 25.6 Å². The van der Waals surface area contributed by atoms with E-state index < -0.39 is 0 Å². The van der Waals surface area contributed by atoms with Gasteiger partial charge in [0.2, 0.25) is 0 Å². The minimum atomic E-state index is 0.300. The average Bonchev–Trinajstić information content (AvgIpc) is 2.37. The molecule has 18 heavy (non-hydrogen) atoms. The van der Waals surface area contributed by atoms with Crippen molar-refractivity contribution in [3.63, 3.8) is 0 Å². The van der Waals surface area contributed by atoms with Gasteiger partial charge in [0, 0.05) is 30.1 Å². The zero-order chi connectivity index (χ0) is 13.0. The molecule has 0 amide bonds. The van der Waals surface area contributed by atoms with Gasteiger partial charge < -0.3 is 15.0 Å². The second-order valence-corrected chi connectivity index (χ2v) is 5.76. The summed E-state index contributed by atoms with van der Waals surface area (Å²) in [6.45, 7) is 5.97. The van der Waals surface area contributed by atoms with Gasteiger partial charge in [0.15, 0.2) is 0 Å². The Morgan fingerprint density at radius 1 is 1.50 bits per heavy atom. The maximum atomic E-state index is 5.75. The van der Waals surface area contributed by atoms with Gasteiger partial charge in [-0.3, -0.25) is 0 Å². The number of rotatable bonds is 4. The van der Waals surface area contributed by atoms with Gasteiger partial charge in [0.05, 0.1) is 12.7 Å². The molecule has 1 aliphatic heterocycles. The van der Waals surface area contributed by atoms with Crippen LogP contribution in [0.5, 0.6) is 0 Å². The highest BCUT2D eigenvalue weighted by Crippen LogP contribution is 2.22. The molecule has 1 aromatic carbocycles. The molecular formula is C14H21BrN2O. The van der Waals surface area contributed by atoms with Gasteiger partial charge in [-0.1, -0.05) is 34.1 Å². The van der Waals surface area contributed by atoms with E-state index in [0.717, 1.165) is 30.7 Å². The topological polar surface area (TPSA) is 24.5 Å². The Hall–Kier alpha value is -0.420. The fourth-order valence-corrected chi connectivity index (χ4v) is 2.86. The Morgan fingerprint density at radius 3 is 3.00 bits per heavy atom. The van der Waals surface area contributed by atoms with Crippen LogP contribution in [-0.4, -0.2) is 44.3 Å². The molecule has 1 aliphatic rings. The number of nitrogens with one attached hydrogen (secondary N) is 1. The standard InChI is InChI=1S/C14H21BrN2O/c1-11(13-5-3-4-6-14(13)15)16-9-12-10-17(2)7-8-18-12/h3-6,11-12,16H,7-10H2,1-2H3/t11-,12+/m1/s1. The van der Waals surface area contributed by atoms with Gasteiger partial charge in [0.25, 0.3) is 0 Å². The smallest absolute Gasteiger partial charge is 0.0826 e. The van der Waals surface area contributed by atoms with Crippen LogP contribution in [0.2, 0.25) is 0 Å². The lowest BCUT2D eigenvalue weighted by molar-refractivity contribution is -0.0191. The first-order chi connectivity index (χ1) is 8.66. The third kappa shape index (κ3) is 3.79. The molecule has 3 nitrogen and oxygen atoms in total. The molecule has 0 bridgehead atoms. The number of hydrogen-bond donors (Lipinski definition) is 1. The first-order valence-corrected chi connectivity index (χ1v) is 7.24. The molecule has 1 saturated heterocycles. The zero-order valence-electron chi connectivity index (χ0n) is 11.0. The van der Waals surface area contributed by atoms with Gasteiger partial charge in [-0.25, -0.2) is 0 Å². The molecular weight excluding hydrogens is 292 g/mol. The fourth-order valence-electron chi connectivity index (χ4n) is 2.23. The van der Waals surface area contributed by atoms with Crippen molar-refractivity contribution in [3.8, 4) is 0 Å². The SMILES string of the molecule is C[C@@H](NC[C@H]1CN(C)CCO1)c1ccccc1Br. The van der Waals surface area contributed by atoms with E-state index in [1.807, 2.05) is 6.07 Å². The summed E-state index contributed by atoms with van der Waals surface area (Å²) in [7, 11) is 2.15. The highest BCUT2D eigenvalue weighted by molar-refractivity contribution is 9.10. The van der Waals surface area contributed by atoms with Crippen molar-refractivity contribution in [2.75, 3.05) is 33.3 Å². The van der Waals surface area contributed by atoms with Crippen LogP contribution in [-0.2, 0) is 4.74 Å². The van der Waals surface area contributed by atoms with E-state index in [2.05, 4.69) is 58.3 Å². The Morgan fingerprint density at radius 2 is 2.28 bits per heavy atom. The number of hydrogen-bond acceptors (Lipinski definition) is 3. The summed E-state index contributed by atoms with van der Waals surface area (Å²) in [5, 5.41) is 3.55. The molecule has 0 unspecified atom stereocenters. The molecule has 0 spiro atoms. The lowest BCUT2D eigenvalue weighted by Crippen LogP contribution is -2.45. The van der Waals surface area contributed by atoms with E-state index >= 15 is 0 Å². The summed E-state index contributed by atoms with van der Waals surface area (Å²) in [6.07, 6.45) is 0.300. The third-order valence-electron chi connectivity index (χ3n) is 3.37. The van der Waals surface area contributed by atoms with E-state index in [1.54, 1.807) is 0 Å². The summed E-state index contributed by atoms with van der Waals surface area (Å²) in [5.74, 6) is 0. The normalized spacial score (nSPS) is 22.9. The second kappa shape index (κ2) is 6.66. The van der Waals surface area contributed by atoms with Crippen LogP contribution in [0.3, 0.4) is 0 Å². The lowest BCUT2D eigenvalue weighted by atomic mass is 10.1. The number of halogens is 1. The van der Waals surface area contributed by atoms with Gasteiger partial charge in [0.1, 0.15) is 0 Å². The molecule has 4 heteroatoms. The highest BCUT2D eigenvalue weighted by Gasteiger charge is 2.18. The minimum Gasteiger partial charge on any atom is -0.374 e. The van der Waals surface area contributed by atoms with Crippen molar-refractivity contribution in [1.29, 1.82) is 0 Å². The molecule has 0 aliphatic carbocycles. The number of likely N-dealkylation sites (N-methyl/N-ethyl adjacent to an activating group) is 1. The van der Waals surface area contributed by atoms with Crippen LogP contribution in [0.25, 0.3) is 0 Å². The van der Waals surface area contributed by atoms with E-state index in [4.69, 9.17) is 4.74 Å². The summed E-state index contributed by atoms with van der Waals surface area (Å²) in [6, 6.07) is 8.67. The van der Waals surface area contributed by atoms with Crippen molar-refractivity contribution in [2.45, 2.75) is 19.1 Å². The zero-order valence-corrected chi connectivity index (χ0v) is 12.6. The van der Waals surface area contributed by atoms with Crippen molar-refractivity contribution in [2.24, 2.45) is 0 Å². The number of nitrogens with zero attached hydrogens (tertiary/aromatic N) is 1. The molecule has 0 aromatic heterocycles. The van der Waals surface area contributed by atoms with Gasteiger partial charge in [-0.2, -0.15) is 0 Å². The average molecular weight is 313 g/mol. The molecule has 1 aromatic rings. The van der Waals surface area contributed by atoms with Crippen LogP contribution < -0.4 is 5.32 Å². The lowest BCUT2D eigenvalue weighted by Gasteiger charge is -2.31. The summed E-state index contributed by atoms with van der Waals surface area (Å²) < 4.78 is 6.91. The fraction of sp³-hybridized carbons (Fsp3) is 0.571. The third-order valence-corrected chi connectivity index (χ3v) is 4.09. The molecule has 1 heterocycles. The first kappa shape index (κ1) is 14.0. The van der Waals surface area contributed by atoms with Crippen LogP contribution in [0.1, 0.15) is 18.5 Å². The maximum absolute atomic E-state index is 5.75. The van der Waals surface area contributed by atoms with Gasteiger partial charge in [-0.15, -0.1) is 0 Å². The van der Waals surface area contributed by atoms with Crippen LogP contribution in [0.4, 0.5) is 0 Å². The Kier molecular flexibility index (Phi) is 5.18. The van der Waals surface area contributed by atoms with Crippen LogP contribution in [0, 0.1) is 0 Å². The number of morpholine rings is 1. The Balaban J connectivity index is 1.84. The van der Waals surface area contributed by atoms with Crippen LogP contribution in [0.15, 0.2) is 28.7 Å². The summed E-state index contributed by atoms with van der Waals surface area (Å²) >= 11 is 3.59. The van der Waals surface area contributed by atoms with Crippen molar-refractivity contribution >= 4 is 15.9 Å². The molecule has 0 saturated carbocycles. The second-order valence-electron chi connectivity index (χ2n) is 4.91. The van der Waals surface area contributed by atoms with E-state index in [-0.39, 0.29) is 0 Å². The Bertz CT molecular complexity index is 386. The van der Waals surface area contributed by atoms with E-state index in [9.17, 15) is 0 Å². The maximum Gasteiger partial charge on any atom is 0.0826 e. The minimum absolute atomic E-state index is 0.300. The molecule has 1 fully saturated rings. The Labute approximate surface area is 118 Å². The molecule has 2 atom stereocenters. The number of ether oxygens (including phenoxy) is 1. The van der Waals surface area contributed by atoms with Crippen molar-refractivity contribution in [1.82, 2.24) is 10.2 Å². The molecule has 100 valence electrons. The highest BCUT2D eigenvalue weighted by atomic mass is 79.9. The monoisotopic (exact) mass is 312 g/mol. The molecule has 0 radical (unpaired) electrons. The predicted octanol–water partition coefficient (Wildman–Crippen LogP) is 2.43. The van der Waals surface area contributed by atoms with E-state index in [0.29, 0.717) is 12.1 Å². The van der Waals surface area contributed by atoms with E-state index in [1.165, 1.54) is 5.56 Å². The quantitative estimate of drug-likeness (QED) is 0.924.